The zero-order valence-electron chi connectivity index (χ0n) is 12.5. The molecule has 0 spiro atoms. The van der Waals surface area contributed by atoms with Crippen molar-refractivity contribution in [1.82, 2.24) is 5.32 Å². The number of benzene rings is 1. The average Bonchev–Trinajstić information content (AvgIpc) is 2.49. The fraction of sp³-hybridized carbons (Fsp3) is 0.500. The van der Waals surface area contributed by atoms with Gasteiger partial charge in [-0.15, -0.1) is 12.4 Å². The Labute approximate surface area is 138 Å². The highest BCUT2D eigenvalue weighted by atomic mass is 35.5. The first-order chi connectivity index (χ1) is 10.6. The lowest BCUT2D eigenvalue weighted by molar-refractivity contribution is -0.119. The van der Waals surface area contributed by atoms with Crippen molar-refractivity contribution in [3.63, 3.8) is 0 Å². The highest BCUT2D eigenvalue weighted by Gasteiger charge is 2.19. The van der Waals surface area contributed by atoms with Gasteiger partial charge in [0, 0.05) is 19.2 Å². The molecule has 0 saturated carbocycles. The van der Waals surface area contributed by atoms with Crippen molar-refractivity contribution >= 4 is 24.0 Å². The van der Waals surface area contributed by atoms with Crippen LogP contribution in [0.15, 0.2) is 18.2 Å². The number of ether oxygens (including phenoxy) is 3. The van der Waals surface area contributed by atoms with Crippen LogP contribution in [0.25, 0.3) is 0 Å². The molecule has 1 heterocycles. The molecule has 1 aliphatic heterocycles. The number of anilines is 1. The molecule has 1 amide bonds. The van der Waals surface area contributed by atoms with Gasteiger partial charge >= 0.3 is 6.61 Å². The SMILES string of the molecule is COc1ccc(OC(F)F)c(NC(=O)CC2CNCCO2)c1.Cl. The van der Waals surface area contributed by atoms with Gasteiger partial charge in [-0.05, 0) is 12.1 Å². The molecular weight excluding hydrogens is 334 g/mol. The van der Waals surface area contributed by atoms with Gasteiger partial charge in [-0.1, -0.05) is 0 Å². The van der Waals surface area contributed by atoms with Crippen LogP contribution in [0, 0.1) is 0 Å². The maximum absolute atomic E-state index is 12.4. The van der Waals surface area contributed by atoms with Gasteiger partial charge in [0.1, 0.15) is 11.5 Å². The quantitative estimate of drug-likeness (QED) is 0.820. The predicted molar refractivity (Wildman–Crippen MR) is 82.7 cm³/mol. The number of carbonyl (C=O) groups excluding carboxylic acids is 1. The number of halogens is 3. The Morgan fingerprint density at radius 1 is 1.52 bits per heavy atom. The topological polar surface area (TPSA) is 68.8 Å². The van der Waals surface area contributed by atoms with Crippen molar-refractivity contribution in [2.45, 2.75) is 19.1 Å². The Morgan fingerprint density at radius 2 is 2.30 bits per heavy atom. The fourth-order valence-corrected chi connectivity index (χ4v) is 2.09. The molecule has 2 rings (SSSR count). The summed E-state index contributed by atoms with van der Waals surface area (Å²) in [5.74, 6) is -0.0413. The molecule has 23 heavy (non-hydrogen) atoms. The number of carbonyl (C=O) groups is 1. The van der Waals surface area contributed by atoms with Crippen molar-refractivity contribution in [1.29, 1.82) is 0 Å². The van der Waals surface area contributed by atoms with E-state index in [1.807, 2.05) is 0 Å². The van der Waals surface area contributed by atoms with Crippen LogP contribution < -0.4 is 20.1 Å². The molecule has 1 unspecified atom stereocenters. The molecule has 0 radical (unpaired) electrons. The number of alkyl halides is 2. The Morgan fingerprint density at radius 3 is 2.91 bits per heavy atom. The third kappa shape index (κ3) is 6.17. The lowest BCUT2D eigenvalue weighted by Gasteiger charge is -2.23. The molecule has 9 heteroatoms. The van der Waals surface area contributed by atoms with Crippen molar-refractivity contribution in [2.24, 2.45) is 0 Å². The summed E-state index contributed by atoms with van der Waals surface area (Å²) in [6.07, 6.45) is -0.114. The summed E-state index contributed by atoms with van der Waals surface area (Å²) in [5, 5.41) is 5.66. The van der Waals surface area contributed by atoms with Gasteiger partial charge in [-0.3, -0.25) is 4.79 Å². The van der Waals surface area contributed by atoms with E-state index in [9.17, 15) is 13.6 Å². The first-order valence-electron chi connectivity index (χ1n) is 6.83. The molecule has 1 saturated heterocycles. The number of morpholine rings is 1. The lowest BCUT2D eigenvalue weighted by Crippen LogP contribution is -2.40. The van der Waals surface area contributed by atoms with Gasteiger partial charge in [-0.25, -0.2) is 0 Å². The van der Waals surface area contributed by atoms with Crippen LogP contribution in [0.4, 0.5) is 14.5 Å². The minimum atomic E-state index is -2.98. The third-order valence-electron chi connectivity index (χ3n) is 3.09. The Kier molecular flexibility index (Phi) is 8.01. The average molecular weight is 353 g/mol. The number of nitrogens with one attached hydrogen (secondary N) is 2. The number of hydrogen-bond donors (Lipinski definition) is 2. The van der Waals surface area contributed by atoms with E-state index < -0.39 is 6.61 Å². The van der Waals surface area contributed by atoms with E-state index in [1.165, 1.54) is 25.3 Å². The summed E-state index contributed by atoms with van der Waals surface area (Å²) in [6.45, 7) is -1.11. The number of amides is 1. The van der Waals surface area contributed by atoms with E-state index in [0.717, 1.165) is 6.54 Å². The standard InChI is InChI=1S/C14H18F2N2O4.ClH/c1-20-9-2-3-12(22-14(15)16)11(6-9)18-13(19)7-10-8-17-4-5-21-10;/h2-3,6,10,14,17H,4-5,7-8H2,1H3,(H,18,19);1H. The highest BCUT2D eigenvalue weighted by Crippen LogP contribution is 2.30. The molecule has 1 aromatic rings. The zero-order valence-corrected chi connectivity index (χ0v) is 13.3. The van der Waals surface area contributed by atoms with Gasteiger partial charge in [0.2, 0.25) is 5.91 Å². The maximum Gasteiger partial charge on any atom is 0.387 e. The molecule has 2 N–H and O–H groups in total. The zero-order chi connectivity index (χ0) is 15.9. The number of methoxy groups -OCH3 is 1. The van der Waals surface area contributed by atoms with Crippen LogP contribution in [-0.2, 0) is 9.53 Å². The maximum atomic E-state index is 12.4. The summed E-state index contributed by atoms with van der Waals surface area (Å²) < 4.78 is 39.6. The monoisotopic (exact) mass is 352 g/mol. The van der Waals surface area contributed by atoms with Crippen LogP contribution in [0.5, 0.6) is 11.5 Å². The number of rotatable bonds is 6. The summed E-state index contributed by atoms with van der Waals surface area (Å²) in [5.41, 5.74) is 0.133. The Bertz CT molecular complexity index is 514. The Hall–Kier alpha value is -1.64. The Balaban J connectivity index is 0.00000264. The van der Waals surface area contributed by atoms with E-state index in [2.05, 4.69) is 15.4 Å². The minimum absolute atomic E-state index is 0. The van der Waals surface area contributed by atoms with Gasteiger partial charge in [0.15, 0.2) is 0 Å². The van der Waals surface area contributed by atoms with Crippen LogP contribution in [0.1, 0.15) is 6.42 Å². The summed E-state index contributed by atoms with van der Waals surface area (Å²) in [7, 11) is 1.44. The highest BCUT2D eigenvalue weighted by molar-refractivity contribution is 5.92. The smallest absolute Gasteiger partial charge is 0.387 e. The van der Waals surface area contributed by atoms with Crippen LogP contribution >= 0.6 is 12.4 Å². The lowest BCUT2D eigenvalue weighted by atomic mass is 10.2. The molecule has 0 bridgehead atoms. The molecular formula is C14H19ClF2N2O4. The third-order valence-corrected chi connectivity index (χ3v) is 3.09. The molecule has 0 aromatic heterocycles. The second kappa shape index (κ2) is 9.49. The van der Waals surface area contributed by atoms with Crippen LogP contribution in [0.3, 0.4) is 0 Å². The summed E-state index contributed by atoms with van der Waals surface area (Å²) >= 11 is 0. The van der Waals surface area contributed by atoms with Gasteiger partial charge < -0.3 is 24.8 Å². The van der Waals surface area contributed by atoms with E-state index in [0.29, 0.717) is 18.9 Å². The van der Waals surface area contributed by atoms with E-state index in [-0.39, 0.29) is 42.3 Å². The molecule has 130 valence electrons. The van der Waals surface area contributed by atoms with Gasteiger partial charge in [0.05, 0.1) is 31.9 Å². The normalized spacial score (nSPS) is 17.3. The van der Waals surface area contributed by atoms with Crippen LogP contribution in [0.2, 0.25) is 0 Å². The van der Waals surface area contributed by atoms with E-state index >= 15 is 0 Å². The second-order valence-electron chi connectivity index (χ2n) is 4.69. The van der Waals surface area contributed by atoms with Crippen LogP contribution in [-0.4, -0.2) is 45.4 Å². The molecule has 0 aliphatic carbocycles. The largest absolute Gasteiger partial charge is 0.497 e. The molecule has 1 aromatic carbocycles. The first-order valence-corrected chi connectivity index (χ1v) is 6.83. The van der Waals surface area contributed by atoms with Crippen molar-refractivity contribution in [2.75, 3.05) is 32.1 Å². The first kappa shape index (κ1) is 19.4. The molecule has 1 aliphatic rings. The van der Waals surface area contributed by atoms with Gasteiger partial charge in [0.25, 0.3) is 0 Å². The summed E-state index contributed by atoms with van der Waals surface area (Å²) in [6, 6.07) is 4.22. The minimum Gasteiger partial charge on any atom is -0.497 e. The van der Waals surface area contributed by atoms with Crippen molar-refractivity contribution in [3.05, 3.63) is 18.2 Å². The van der Waals surface area contributed by atoms with Crippen molar-refractivity contribution in [3.8, 4) is 11.5 Å². The van der Waals surface area contributed by atoms with Crippen molar-refractivity contribution < 1.29 is 27.8 Å². The predicted octanol–water partition coefficient (Wildman–Crippen LogP) is 2.04. The number of hydrogen-bond acceptors (Lipinski definition) is 5. The van der Waals surface area contributed by atoms with E-state index in [1.54, 1.807) is 0 Å². The van der Waals surface area contributed by atoms with Gasteiger partial charge in [-0.2, -0.15) is 8.78 Å². The molecule has 6 nitrogen and oxygen atoms in total. The second-order valence-corrected chi connectivity index (χ2v) is 4.69. The molecule has 1 fully saturated rings. The van der Waals surface area contributed by atoms with E-state index in [4.69, 9.17) is 9.47 Å². The molecule has 1 atom stereocenters. The fourth-order valence-electron chi connectivity index (χ4n) is 2.09. The summed E-state index contributed by atoms with van der Waals surface area (Å²) in [4.78, 5) is 12.0.